The maximum Gasteiger partial charge on any atom is 0.243 e. The number of benzene rings is 2. The Kier molecular flexibility index (Phi) is 8.76. The molecule has 36 heavy (non-hydrogen) atoms. The van der Waals surface area contributed by atoms with E-state index in [2.05, 4.69) is 4.90 Å². The van der Waals surface area contributed by atoms with E-state index in [1.165, 1.54) is 35.7 Å². The molecule has 1 saturated heterocycles. The molecule has 2 aliphatic heterocycles. The highest BCUT2D eigenvalue weighted by Gasteiger charge is 2.29. The molecule has 2 aliphatic rings. The van der Waals surface area contributed by atoms with Crippen molar-refractivity contribution >= 4 is 16.4 Å². The second-order valence-electron chi connectivity index (χ2n) is 8.65. The van der Waals surface area contributed by atoms with Gasteiger partial charge in [-0.15, -0.1) is 0 Å². The Morgan fingerprint density at radius 3 is 2.25 bits per heavy atom. The van der Waals surface area contributed by atoms with Crippen LogP contribution < -0.4 is 10.2 Å². The van der Waals surface area contributed by atoms with Gasteiger partial charge in [0.1, 0.15) is 18.1 Å². The monoisotopic (exact) mass is 513 g/mol. The molecule has 0 aliphatic carbocycles. The summed E-state index contributed by atoms with van der Waals surface area (Å²) < 4.78 is 38.9. The van der Waals surface area contributed by atoms with Crippen LogP contribution in [-0.2, 0) is 27.8 Å². The van der Waals surface area contributed by atoms with E-state index >= 15 is 0 Å². The summed E-state index contributed by atoms with van der Waals surface area (Å²) in [4.78, 5) is 11.5. The lowest BCUT2D eigenvalue weighted by atomic mass is 10.1. The van der Waals surface area contributed by atoms with Gasteiger partial charge >= 0.3 is 0 Å². The van der Waals surface area contributed by atoms with Crippen molar-refractivity contribution in [2.24, 2.45) is 0 Å². The summed E-state index contributed by atoms with van der Waals surface area (Å²) in [5, 5.41) is 7.26. The van der Waals surface area contributed by atoms with Gasteiger partial charge in [-0.1, -0.05) is 24.3 Å². The van der Waals surface area contributed by atoms with Crippen molar-refractivity contribution in [2.45, 2.75) is 30.7 Å². The molecule has 2 aromatic carbocycles. The molecule has 3 aromatic rings. The molecule has 0 radical (unpaired) electrons. The quantitative estimate of drug-likeness (QED) is 0.270. The Hall–Kier alpha value is -3.18. The second kappa shape index (κ2) is 12.2. The Morgan fingerprint density at radius 1 is 0.972 bits per heavy atom. The highest BCUT2D eigenvalue weighted by atomic mass is 32.2. The second-order valence-corrected chi connectivity index (χ2v) is 10.6. The van der Waals surface area contributed by atoms with Gasteiger partial charge in [-0.25, -0.2) is 13.9 Å². The summed E-state index contributed by atoms with van der Waals surface area (Å²) >= 11 is 0. The first-order chi connectivity index (χ1) is 17.5. The Labute approximate surface area is 211 Å². The zero-order valence-electron chi connectivity index (χ0n) is 20.0. The summed E-state index contributed by atoms with van der Waals surface area (Å²) in [6.07, 6.45) is 5.06. The Balaban J connectivity index is 0.000000709. The maximum atomic E-state index is 13.1. The molecule has 0 atom stereocenters. The summed E-state index contributed by atoms with van der Waals surface area (Å²) in [6, 6.07) is 17.0. The molecule has 1 aromatic heterocycles. The number of carbonyl (C=O) groups is 1. The number of nitrogens with one attached hydrogen (secondary N) is 1. The molecule has 10 heteroatoms. The van der Waals surface area contributed by atoms with E-state index in [1.807, 2.05) is 42.5 Å². The minimum Gasteiger partial charge on any atom is -0.492 e. The van der Waals surface area contributed by atoms with E-state index in [0.29, 0.717) is 24.5 Å². The maximum absolute atomic E-state index is 13.1. The zero-order chi connectivity index (χ0) is 25.4. The van der Waals surface area contributed by atoms with Crippen molar-refractivity contribution < 1.29 is 27.6 Å². The van der Waals surface area contributed by atoms with Crippen molar-refractivity contribution in [3.05, 3.63) is 72.2 Å². The predicted molar refractivity (Wildman–Crippen MR) is 134 cm³/mol. The minimum absolute atomic E-state index is 0.181. The van der Waals surface area contributed by atoms with Crippen LogP contribution in [0, 0.1) is 0 Å². The third kappa shape index (κ3) is 6.33. The lowest BCUT2D eigenvalue weighted by molar-refractivity contribution is -0.116. The number of amides is 1. The Morgan fingerprint density at radius 2 is 1.61 bits per heavy atom. The molecular formula is C26H31N3O6S. The summed E-state index contributed by atoms with van der Waals surface area (Å²) in [5.74, 6) is 1.59. The molecule has 3 heterocycles. The van der Waals surface area contributed by atoms with Crippen LogP contribution >= 0.6 is 0 Å². The number of rotatable bonds is 8. The first-order valence-electron chi connectivity index (χ1n) is 12.0. The number of nitrogens with zero attached hydrogens (tertiary/aromatic N) is 2. The minimum atomic E-state index is -3.56. The van der Waals surface area contributed by atoms with Crippen LogP contribution in [0.25, 0.3) is 11.1 Å². The standard InChI is InChI=1S/C25H28N2O4S.CH3NO2/c28-32(29,27-15-11-22-12-17-31-25(22)19-27)24-9-5-21(6-10-24)20-3-7-23(8-4-20)30-18-16-26-13-1-2-14-26;3-1-2-4/h3-10,12,17H,1-2,11,13-16,18-19H2;1,4H,(H,2,3). The van der Waals surface area contributed by atoms with Gasteiger partial charge in [-0.3, -0.25) is 14.9 Å². The first-order valence-corrected chi connectivity index (χ1v) is 13.4. The van der Waals surface area contributed by atoms with E-state index < -0.39 is 10.0 Å². The van der Waals surface area contributed by atoms with Crippen molar-refractivity contribution in [1.29, 1.82) is 0 Å². The molecule has 0 saturated carbocycles. The number of carbonyl (C=O) groups excluding carboxylic acids is 1. The third-order valence-corrected chi connectivity index (χ3v) is 8.25. The van der Waals surface area contributed by atoms with Crippen molar-refractivity contribution in [2.75, 3.05) is 32.8 Å². The zero-order valence-corrected chi connectivity index (χ0v) is 20.8. The summed E-state index contributed by atoms with van der Waals surface area (Å²) in [6.45, 7) is 4.77. The smallest absolute Gasteiger partial charge is 0.243 e. The average Bonchev–Trinajstić information content (AvgIpc) is 3.61. The lowest BCUT2D eigenvalue weighted by Gasteiger charge is -2.25. The van der Waals surface area contributed by atoms with Gasteiger partial charge in [-0.05, 0) is 79.4 Å². The van der Waals surface area contributed by atoms with E-state index in [9.17, 15) is 8.42 Å². The number of hydrogen-bond donors (Lipinski definition) is 2. The van der Waals surface area contributed by atoms with Crippen LogP contribution in [0.15, 0.2) is 70.2 Å². The molecule has 0 spiro atoms. The highest BCUT2D eigenvalue weighted by molar-refractivity contribution is 7.89. The molecular weight excluding hydrogens is 482 g/mol. The number of likely N-dealkylation sites (tertiary alicyclic amines) is 1. The van der Waals surface area contributed by atoms with Crippen LogP contribution in [-0.4, -0.2) is 62.0 Å². The Bertz CT molecular complexity index is 1220. The van der Waals surface area contributed by atoms with Crippen LogP contribution in [0.4, 0.5) is 0 Å². The molecule has 5 rings (SSSR count). The fraction of sp³-hybridized carbons (Fsp3) is 0.346. The van der Waals surface area contributed by atoms with Gasteiger partial charge in [0.2, 0.25) is 16.4 Å². The van der Waals surface area contributed by atoms with Gasteiger partial charge in [-0.2, -0.15) is 4.31 Å². The number of sulfonamides is 1. The average molecular weight is 514 g/mol. The van der Waals surface area contributed by atoms with Crippen LogP contribution in [0.2, 0.25) is 0 Å². The fourth-order valence-corrected chi connectivity index (χ4v) is 5.83. The molecule has 0 unspecified atom stereocenters. The van der Waals surface area contributed by atoms with Crippen LogP contribution in [0.5, 0.6) is 5.75 Å². The van der Waals surface area contributed by atoms with Crippen molar-refractivity contribution in [1.82, 2.24) is 14.7 Å². The predicted octanol–water partition coefficient (Wildman–Crippen LogP) is 3.29. The molecule has 9 nitrogen and oxygen atoms in total. The van der Waals surface area contributed by atoms with Crippen LogP contribution in [0.1, 0.15) is 24.2 Å². The molecule has 192 valence electrons. The SMILES string of the molecule is O=CNO.O=S(=O)(c1ccc(-c2ccc(OCCN3CCCC3)cc2)cc1)N1CCc2ccoc2C1. The number of hydroxylamine groups is 1. The number of furan rings is 1. The lowest BCUT2D eigenvalue weighted by Crippen LogP contribution is -2.35. The highest BCUT2D eigenvalue weighted by Crippen LogP contribution is 2.28. The first kappa shape index (κ1) is 25.9. The topological polar surface area (TPSA) is 112 Å². The van der Waals surface area contributed by atoms with Gasteiger partial charge in [0, 0.05) is 13.1 Å². The van der Waals surface area contributed by atoms with Crippen molar-refractivity contribution in [3.63, 3.8) is 0 Å². The molecule has 1 fully saturated rings. The van der Waals surface area contributed by atoms with Gasteiger partial charge < -0.3 is 9.15 Å². The van der Waals surface area contributed by atoms with E-state index in [4.69, 9.17) is 19.2 Å². The number of ether oxygens (including phenoxy) is 1. The summed E-state index contributed by atoms with van der Waals surface area (Å²) in [7, 11) is -3.56. The number of fused-ring (bicyclic) bond motifs is 1. The van der Waals surface area contributed by atoms with Crippen LogP contribution in [0.3, 0.4) is 0 Å². The van der Waals surface area contributed by atoms with Gasteiger partial charge in [0.05, 0.1) is 17.7 Å². The third-order valence-electron chi connectivity index (χ3n) is 6.40. The molecule has 1 amide bonds. The normalized spacial score (nSPS) is 16.0. The molecule has 0 bridgehead atoms. The van der Waals surface area contributed by atoms with Crippen molar-refractivity contribution in [3.8, 4) is 16.9 Å². The summed E-state index contributed by atoms with van der Waals surface area (Å²) in [5.41, 5.74) is 4.34. The van der Waals surface area contributed by atoms with E-state index in [-0.39, 0.29) is 13.0 Å². The fourth-order valence-electron chi connectivity index (χ4n) is 4.43. The van der Waals surface area contributed by atoms with Gasteiger partial charge in [0.25, 0.3) is 0 Å². The van der Waals surface area contributed by atoms with Gasteiger partial charge in [0.15, 0.2) is 0 Å². The largest absolute Gasteiger partial charge is 0.492 e. The van der Waals surface area contributed by atoms with E-state index in [1.54, 1.807) is 18.4 Å². The van der Waals surface area contributed by atoms with E-state index in [0.717, 1.165) is 34.7 Å². The number of hydrogen-bond acceptors (Lipinski definition) is 7. The molecule has 2 N–H and O–H groups in total.